The number of pyridine rings is 1. The normalized spacial score (nSPS) is 18.5. The number of aromatic nitrogens is 1. The van der Waals surface area contributed by atoms with Crippen molar-refractivity contribution in [2.75, 3.05) is 25.0 Å². The summed E-state index contributed by atoms with van der Waals surface area (Å²) in [5.74, 6) is 0.620. The van der Waals surface area contributed by atoms with Crippen LogP contribution >= 0.6 is 0 Å². The second kappa shape index (κ2) is 7.88. The SMILES string of the molecule is O=C(CCN1CCCC(c2cccnc2)C1)Nc1ccccc1. The van der Waals surface area contributed by atoms with Crippen molar-refractivity contribution in [2.45, 2.75) is 25.2 Å². The Bertz CT molecular complexity index is 615. The molecule has 23 heavy (non-hydrogen) atoms. The molecule has 0 aliphatic carbocycles. The minimum atomic E-state index is 0.0831. The van der Waals surface area contributed by atoms with Gasteiger partial charge in [0, 0.05) is 37.6 Å². The first-order valence-corrected chi connectivity index (χ1v) is 8.28. The number of nitrogens with one attached hydrogen (secondary N) is 1. The number of benzene rings is 1. The largest absolute Gasteiger partial charge is 0.326 e. The fourth-order valence-electron chi connectivity index (χ4n) is 3.15. The Morgan fingerprint density at radius 2 is 2.09 bits per heavy atom. The van der Waals surface area contributed by atoms with Crippen LogP contribution in [0.4, 0.5) is 5.69 Å². The Morgan fingerprint density at radius 3 is 2.87 bits per heavy atom. The van der Waals surface area contributed by atoms with Gasteiger partial charge in [-0.3, -0.25) is 9.78 Å². The van der Waals surface area contributed by atoms with Gasteiger partial charge in [0.05, 0.1) is 0 Å². The molecule has 1 aliphatic rings. The second-order valence-electron chi connectivity index (χ2n) is 6.09. The summed E-state index contributed by atoms with van der Waals surface area (Å²) in [6, 6.07) is 13.8. The van der Waals surface area contributed by atoms with Crippen LogP contribution in [0.1, 0.15) is 30.7 Å². The lowest BCUT2D eigenvalue weighted by Gasteiger charge is -2.32. The number of carbonyl (C=O) groups is 1. The van der Waals surface area contributed by atoms with E-state index in [1.807, 2.05) is 48.8 Å². The van der Waals surface area contributed by atoms with Gasteiger partial charge in [0.15, 0.2) is 0 Å². The number of hydrogen-bond acceptors (Lipinski definition) is 3. The first kappa shape index (κ1) is 15.7. The number of nitrogens with zero attached hydrogens (tertiary/aromatic N) is 2. The van der Waals surface area contributed by atoms with Gasteiger partial charge < -0.3 is 10.2 Å². The van der Waals surface area contributed by atoms with E-state index in [1.165, 1.54) is 18.4 Å². The van der Waals surface area contributed by atoms with E-state index in [0.717, 1.165) is 25.3 Å². The van der Waals surface area contributed by atoms with Gasteiger partial charge in [-0.2, -0.15) is 0 Å². The van der Waals surface area contributed by atoms with E-state index in [1.54, 1.807) is 0 Å². The lowest BCUT2D eigenvalue weighted by atomic mass is 9.91. The fourth-order valence-corrected chi connectivity index (χ4v) is 3.15. The van der Waals surface area contributed by atoms with Crippen LogP contribution in [-0.2, 0) is 4.79 Å². The monoisotopic (exact) mass is 309 g/mol. The summed E-state index contributed by atoms with van der Waals surface area (Å²) in [4.78, 5) is 18.7. The van der Waals surface area contributed by atoms with E-state index < -0.39 is 0 Å². The summed E-state index contributed by atoms with van der Waals surface area (Å²) in [5, 5.41) is 2.95. The van der Waals surface area contributed by atoms with Crippen molar-refractivity contribution in [3.05, 3.63) is 60.4 Å². The highest BCUT2D eigenvalue weighted by Crippen LogP contribution is 2.26. The van der Waals surface area contributed by atoms with Gasteiger partial charge in [0.1, 0.15) is 0 Å². The molecule has 4 heteroatoms. The number of likely N-dealkylation sites (tertiary alicyclic amines) is 1. The molecule has 0 radical (unpaired) electrons. The Labute approximate surface area is 137 Å². The summed E-state index contributed by atoms with van der Waals surface area (Å²) in [7, 11) is 0. The van der Waals surface area contributed by atoms with Crippen LogP contribution in [0.3, 0.4) is 0 Å². The zero-order chi connectivity index (χ0) is 15.9. The lowest BCUT2D eigenvalue weighted by Crippen LogP contribution is -2.36. The summed E-state index contributed by atoms with van der Waals surface area (Å²) >= 11 is 0. The molecule has 1 unspecified atom stereocenters. The predicted octanol–water partition coefficient (Wildman–Crippen LogP) is 3.29. The van der Waals surface area contributed by atoms with Crippen molar-refractivity contribution in [1.29, 1.82) is 0 Å². The molecule has 2 heterocycles. The van der Waals surface area contributed by atoms with Gasteiger partial charge in [0.2, 0.25) is 5.91 Å². The van der Waals surface area contributed by atoms with E-state index in [-0.39, 0.29) is 5.91 Å². The molecule has 1 aromatic heterocycles. The third-order valence-corrected chi connectivity index (χ3v) is 4.37. The van der Waals surface area contributed by atoms with E-state index >= 15 is 0 Å². The number of rotatable bonds is 5. The molecule has 120 valence electrons. The molecule has 1 aromatic carbocycles. The fraction of sp³-hybridized carbons (Fsp3) is 0.368. The first-order chi connectivity index (χ1) is 11.3. The van der Waals surface area contributed by atoms with Gasteiger partial charge in [-0.1, -0.05) is 24.3 Å². The molecule has 1 N–H and O–H groups in total. The standard InChI is InChI=1S/C19H23N3O/c23-19(21-18-8-2-1-3-9-18)10-13-22-12-5-7-17(15-22)16-6-4-11-20-14-16/h1-4,6,8-9,11,14,17H,5,7,10,12-13,15H2,(H,21,23). The molecular weight excluding hydrogens is 286 g/mol. The third-order valence-electron chi connectivity index (χ3n) is 4.37. The Hall–Kier alpha value is -2.20. The number of piperidine rings is 1. The van der Waals surface area contributed by atoms with Gasteiger partial charge in [-0.05, 0) is 49.1 Å². The number of para-hydroxylation sites is 1. The Morgan fingerprint density at radius 1 is 1.22 bits per heavy atom. The molecule has 0 bridgehead atoms. The maximum absolute atomic E-state index is 12.1. The zero-order valence-electron chi connectivity index (χ0n) is 13.3. The van der Waals surface area contributed by atoms with Crippen LogP contribution in [0.2, 0.25) is 0 Å². The van der Waals surface area contributed by atoms with Gasteiger partial charge in [-0.15, -0.1) is 0 Å². The molecule has 1 aliphatic heterocycles. The topological polar surface area (TPSA) is 45.2 Å². The first-order valence-electron chi connectivity index (χ1n) is 8.28. The van der Waals surface area contributed by atoms with Crippen molar-refractivity contribution >= 4 is 11.6 Å². The summed E-state index contributed by atoms with van der Waals surface area (Å²) < 4.78 is 0. The quantitative estimate of drug-likeness (QED) is 0.922. The average molecular weight is 309 g/mol. The average Bonchev–Trinajstić information content (AvgIpc) is 2.62. The number of hydrogen-bond donors (Lipinski definition) is 1. The molecule has 2 aromatic rings. The van der Waals surface area contributed by atoms with Crippen molar-refractivity contribution in [1.82, 2.24) is 9.88 Å². The number of anilines is 1. The predicted molar refractivity (Wildman–Crippen MR) is 92.3 cm³/mol. The highest BCUT2D eigenvalue weighted by Gasteiger charge is 2.21. The summed E-state index contributed by atoms with van der Waals surface area (Å²) in [6.07, 6.45) is 6.71. The smallest absolute Gasteiger partial charge is 0.225 e. The lowest BCUT2D eigenvalue weighted by molar-refractivity contribution is -0.116. The molecule has 0 spiro atoms. The van der Waals surface area contributed by atoms with E-state index in [0.29, 0.717) is 12.3 Å². The Kier molecular flexibility index (Phi) is 5.37. The minimum absolute atomic E-state index is 0.0831. The molecule has 3 rings (SSSR count). The minimum Gasteiger partial charge on any atom is -0.326 e. The van der Waals surface area contributed by atoms with Crippen molar-refractivity contribution in [2.24, 2.45) is 0 Å². The molecular formula is C19H23N3O. The van der Waals surface area contributed by atoms with Crippen LogP contribution in [-0.4, -0.2) is 35.4 Å². The van der Waals surface area contributed by atoms with Crippen LogP contribution in [0.25, 0.3) is 0 Å². The van der Waals surface area contributed by atoms with Crippen molar-refractivity contribution in [3.63, 3.8) is 0 Å². The summed E-state index contributed by atoms with van der Waals surface area (Å²) in [5.41, 5.74) is 2.18. The summed E-state index contributed by atoms with van der Waals surface area (Å²) in [6.45, 7) is 2.91. The van der Waals surface area contributed by atoms with Gasteiger partial charge in [-0.25, -0.2) is 0 Å². The Balaban J connectivity index is 1.47. The second-order valence-corrected chi connectivity index (χ2v) is 6.09. The highest BCUT2D eigenvalue weighted by molar-refractivity contribution is 5.90. The molecule has 1 saturated heterocycles. The molecule has 1 amide bonds. The molecule has 1 atom stereocenters. The van der Waals surface area contributed by atoms with Crippen molar-refractivity contribution in [3.8, 4) is 0 Å². The third kappa shape index (κ3) is 4.63. The van der Waals surface area contributed by atoms with E-state index in [2.05, 4.69) is 21.3 Å². The molecule has 4 nitrogen and oxygen atoms in total. The van der Waals surface area contributed by atoms with Gasteiger partial charge in [0.25, 0.3) is 0 Å². The maximum atomic E-state index is 12.1. The van der Waals surface area contributed by atoms with Crippen LogP contribution in [0.5, 0.6) is 0 Å². The van der Waals surface area contributed by atoms with Crippen molar-refractivity contribution < 1.29 is 4.79 Å². The van der Waals surface area contributed by atoms with Gasteiger partial charge >= 0.3 is 0 Å². The number of amides is 1. The highest BCUT2D eigenvalue weighted by atomic mass is 16.1. The maximum Gasteiger partial charge on any atom is 0.225 e. The van der Waals surface area contributed by atoms with E-state index in [9.17, 15) is 4.79 Å². The van der Waals surface area contributed by atoms with Crippen LogP contribution in [0.15, 0.2) is 54.9 Å². The van der Waals surface area contributed by atoms with Crippen LogP contribution < -0.4 is 5.32 Å². The number of carbonyl (C=O) groups excluding carboxylic acids is 1. The van der Waals surface area contributed by atoms with Crippen LogP contribution in [0, 0.1) is 0 Å². The van der Waals surface area contributed by atoms with E-state index in [4.69, 9.17) is 0 Å². The zero-order valence-corrected chi connectivity index (χ0v) is 13.3. The molecule has 0 saturated carbocycles. The molecule has 1 fully saturated rings.